The lowest BCUT2D eigenvalue weighted by Gasteiger charge is -2.46. The van der Waals surface area contributed by atoms with Gasteiger partial charge in [0.1, 0.15) is 79.0 Å². The largest absolute Gasteiger partial charge is 0.394 e. The monoisotopic (exact) mass is 729 g/mol. The van der Waals surface area contributed by atoms with Crippen molar-refractivity contribution in [3.63, 3.8) is 0 Å². The summed E-state index contributed by atoms with van der Waals surface area (Å²) in [6.07, 6.45) is -20.4. The van der Waals surface area contributed by atoms with E-state index in [-0.39, 0.29) is 31.1 Å². The number of carbonyl (C=O) groups excluding carboxylic acids is 2. The number of ketones is 1. The second-order valence-corrected chi connectivity index (χ2v) is 12.7. The first-order valence-electron chi connectivity index (χ1n) is 17.1. The fourth-order valence-electron chi connectivity index (χ4n) is 5.91. The molecule has 0 unspecified atom stereocenters. The third-order valence-electron chi connectivity index (χ3n) is 8.92. The van der Waals surface area contributed by atoms with Crippen molar-refractivity contribution in [3.8, 4) is 0 Å². The molecule has 0 aromatic heterocycles. The molecule has 1 amide bonds. The van der Waals surface area contributed by atoms with Crippen molar-refractivity contribution in [3.05, 3.63) is 0 Å². The average Bonchev–Trinajstić information content (AvgIpc) is 3.10. The van der Waals surface area contributed by atoms with Crippen LogP contribution in [0.1, 0.15) is 58.3 Å². The Morgan fingerprint density at radius 3 is 1.70 bits per heavy atom. The molecular weight excluding hydrogens is 674 g/mol. The third kappa shape index (κ3) is 11.8. The predicted octanol–water partition coefficient (Wildman–Crippen LogP) is -4.72. The van der Waals surface area contributed by atoms with Crippen LogP contribution in [0.3, 0.4) is 0 Å². The maximum absolute atomic E-state index is 12.4. The van der Waals surface area contributed by atoms with Crippen molar-refractivity contribution in [1.82, 2.24) is 5.32 Å². The van der Waals surface area contributed by atoms with Gasteiger partial charge >= 0.3 is 0 Å². The van der Waals surface area contributed by atoms with Crippen molar-refractivity contribution in [2.45, 2.75) is 150 Å². The molecule has 0 radical (unpaired) electrons. The van der Waals surface area contributed by atoms with Crippen molar-refractivity contribution < 1.29 is 89.1 Å². The number of Topliss-reactive ketones (excluding diaryl/α,β-unsaturated/α-hetero) is 1. The van der Waals surface area contributed by atoms with Crippen LogP contribution in [-0.4, -0.2) is 188 Å². The van der Waals surface area contributed by atoms with Crippen molar-refractivity contribution in [1.29, 1.82) is 0 Å². The molecule has 3 rings (SSSR count). The van der Waals surface area contributed by atoms with Crippen LogP contribution >= 0.6 is 0 Å². The van der Waals surface area contributed by atoms with Crippen molar-refractivity contribution in [2.24, 2.45) is 0 Å². The van der Waals surface area contributed by atoms with Gasteiger partial charge in [-0.1, -0.05) is 12.8 Å². The van der Waals surface area contributed by atoms with Gasteiger partial charge in [0.25, 0.3) is 0 Å². The fourth-order valence-corrected chi connectivity index (χ4v) is 5.91. The number of nitrogens with one attached hydrogen (secondary N) is 1. The van der Waals surface area contributed by atoms with E-state index < -0.39 is 112 Å². The summed E-state index contributed by atoms with van der Waals surface area (Å²) >= 11 is 0. The maximum atomic E-state index is 12.4. The summed E-state index contributed by atoms with van der Waals surface area (Å²) in [5.41, 5.74) is 0. The zero-order chi connectivity index (χ0) is 37.0. The second kappa shape index (κ2) is 21.3. The Hall–Kier alpha value is -1.50. The molecule has 0 aliphatic carbocycles. The molecule has 0 saturated carbocycles. The first-order chi connectivity index (χ1) is 23.8. The smallest absolute Gasteiger partial charge is 0.219 e. The molecule has 0 aromatic rings. The highest BCUT2D eigenvalue weighted by atomic mass is 16.7. The quantitative estimate of drug-likeness (QED) is 0.0525. The van der Waals surface area contributed by atoms with E-state index >= 15 is 0 Å². The highest BCUT2D eigenvalue weighted by molar-refractivity contribution is 5.78. The Bertz CT molecular complexity index is 1010. The SMILES string of the molecule is CCNC(=O)CCCCCCC(=O)CCCO[C@@H]1O[C@H](CO[C@H]2O[C@H](CO)[C@@H](O)[C@H](O)[C@@H]2O)[C@@H](O)[C@H](O[C@H]2O[C@H](CO)[C@@H](O)[C@H](O)[C@@H]2O)[C@@H]1O. The molecule has 19 heteroatoms. The number of hydrogen-bond donors (Lipinski definition) is 11. The molecule has 3 fully saturated rings. The molecule has 19 nitrogen and oxygen atoms in total. The minimum atomic E-state index is -1.87. The molecule has 292 valence electrons. The molecule has 0 aromatic carbocycles. The zero-order valence-corrected chi connectivity index (χ0v) is 28.1. The number of aliphatic hydroxyl groups is 10. The number of aliphatic hydroxyl groups excluding tert-OH is 10. The van der Waals surface area contributed by atoms with Gasteiger partial charge in [0.05, 0.1) is 26.4 Å². The summed E-state index contributed by atoms with van der Waals surface area (Å²) in [5, 5.41) is 105. The minimum Gasteiger partial charge on any atom is -0.394 e. The molecule has 0 bridgehead atoms. The van der Waals surface area contributed by atoms with Gasteiger partial charge in [-0.3, -0.25) is 9.59 Å². The predicted molar refractivity (Wildman–Crippen MR) is 166 cm³/mol. The molecule has 0 spiro atoms. The van der Waals surface area contributed by atoms with E-state index in [2.05, 4.69) is 5.32 Å². The van der Waals surface area contributed by atoms with E-state index in [4.69, 9.17) is 28.4 Å². The average molecular weight is 730 g/mol. The number of hydrogen-bond acceptors (Lipinski definition) is 18. The van der Waals surface area contributed by atoms with Gasteiger partial charge in [-0.15, -0.1) is 0 Å². The molecule has 50 heavy (non-hydrogen) atoms. The van der Waals surface area contributed by atoms with Gasteiger partial charge in [0.2, 0.25) is 5.91 Å². The number of amides is 1. The summed E-state index contributed by atoms with van der Waals surface area (Å²) in [4.78, 5) is 23.9. The van der Waals surface area contributed by atoms with Gasteiger partial charge in [-0.05, 0) is 26.2 Å². The van der Waals surface area contributed by atoms with Crippen LogP contribution in [0.4, 0.5) is 0 Å². The van der Waals surface area contributed by atoms with E-state index in [0.717, 1.165) is 19.3 Å². The summed E-state index contributed by atoms with van der Waals surface area (Å²) in [7, 11) is 0. The Morgan fingerprint density at radius 2 is 1.10 bits per heavy atom. The summed E-state index contributed by atoms with van der Waals surface area (Å²) < 4.78 is 33.3. The molecular formula is C31H55NO18. The summed E-state index contributed by atoms with van der Waals surface area (Å²) in [6, 6.07) is 0. The second-order valence-electron chi connectivity index (χ2n) is 12.7. The van der Waals surface area contributed by atoms with Gasteiger partial charge in [-0.2, -0.15) is 0 Å². The Kier molecular flexibility index (Phi) is 18.2. The number of carbonyl (C=O) groups is 2. The lowest BCUT2D eigenvalue weighted by Crippen LogP contribution is -2.65. The highest BCUT2D eigenvalue weighted by Crippen LogP contribution is 2.31. The lowest BCUT2D eigenvalue weighted by atomic mass is 9.96. The van der Waals surface area contributed by atoms with Gasteiger partial charge < -0.3 is 84.8 Å². The van der Waals surface area contributed by atoms with Crippen LogP contribution in [0.25, 0.3) is 0 Å². The standard InChI is InChI=1S/C31H55NO18/c1-2-32-19(36)10-6-4-3-5-8-15(35)9-7-11-45-30-27(44)28(50-31-26(43)24(41)21(38)17(13-34)48-31)22(39)18(49-30)14-46-29-25(42)23(40)20(37)16(12-33)47-29/h16-18,20-31,33-34,37-44H,2-14H2,1H3,(H,32,36)/t16-,17-,18-,20-,21-,22-,23+,24+,25+,26+,27+,28+,29+,30-,31-/m1/s1. The molecule has 3 saturated heterocycles. The van der Waals surface area contributed by atoms with Crippen molar-refractivity contribution in [2.75, 3.05) is 33.0 Å². The maximum Gasteiger partial charge on any atom is 0.219 e. The van der Waals surface area contributed by atoms with E-state index in [1.807, 2.05) is 6.92 Å². The third-order valence-corrected chi connectivity index (χ3v) is 8.92. The molecule has 3 aliphatic rings. The molecule has 3 aliphatic heterocycles. The van der Waals surface area contributed by atoms with E-state index in [0.29, 0.717) is 25.8 Å². The van der Waals surface area contributed by atoms with Crippen LogP contribution in [0.5, 0.6) is 0 Å². The zero-order valence-electron chi connectivity index (χ0n) is 28.1. The minimum absolute atomic E-state index is 0.00423. The van der Waals surface area contributed by atoms with Crippen LogP contribution in [-0.2, 0) is 38.0 Å². The highest BCUT2D eigenvalue weighted by Gasteiger charge is 2.52. The number of unbranched alkanes of at least 4 members (excludes halogenated alkanes) is 3. The lowest BCUT2D eigenvalue weighted by molar-refractivity contribution is -0.366. The topological polar surface area (TPSA) is 304 Å². The molecule has 3 heterocycles. The number of rotatable bonds is 20. The van der Waals surface area contributed by atoms with E-state index in [1.54, 1.807) is 0 Å². The Labute approximate surface area is 289 Å². The Morgan fingerprint density at radius 1 is 0.580 bits per heavy atom. The normalized spacial score (nSPS) is 39.3. The van der Waals surface area contributed by atoms with E-state index in [9.17, 15) is 60.7 Å². The summed E-state index contributed by atoms with van der Waals surface area (Å²) in [6.45, 7) is 0.289. The van der Waals surface area contributed by atoms with Crippen molar-refractivity contribution >= 4 is 11.7 Å². The first kappa shape index (κ1) is 42.9. The van der Waals surface area contributed by atoms with E-state index in [1.165, 1.54) is 0 Å². The van der Waals surface area contributed by atoms with Crippen LogP contribution in [0, 0.1) is 0 Å². The molecule has 15 atom stereocenters. The summed E-state index contributed by atoms with van der Waals surface area (Å²) in [5.74, 6) is -0.00272. The van der Waals surface area contributed by atoms with Gasteiger partial charge in [-0.25, -0.2) is 0 Å². The Balaban J connectivity index is 1.58. The fraction of sp³-hybridized carbons (Fsp3) is 0.935. The first-order valence-corrected chi connectivity index (χ1v) is 17.1. The van der Waals surface area contributed by atoms with Gasteiger partial charge in [0.15, 0.2) is 18.9 Å². The van der Waals surface area contributed by atoms with Crippen LogP contribution in [0.15, 0.2) is 0 Å². The number of ether oxygens (including phenoxy) is 6. The van der Waals surface area contributed by atoms with Crippen LogP contribution < -0.4 is 5.32 Å². The van der Waals surface area contributed by atoms with Crippen LogP contribution in [0.2, 0.25) is 0 Å². The van der Waals surface area contributed by atoms with Gasteiger partial charge in [0, 0.05) is 25.8 Å². The molecule has 11 N–H and O–H groups in total.